The largest absolute Gasteiger partial charge is 0.481 e. The van der Waals surface area contributed by atoms with Crippen molar-refractivity contribution < 1.29 is 9.90 Å². The Morgan fingerprint density at radius 1 is 1.44 bits per heavy atom. The van der Waals surface area contributed by atoms with E-state index in [4.69, 9.17) is 5.73 Å². The first-order valence-electron chi connectivity index (χ1n) is 6.20. The summed E-state index contributed by atoms with van der Waals surface area (Å²) in [5.41, 5.74) is 6.97. The van der Waals surface area contributed by atoms with Crippen LogP contribution in [-0.4, -0.2) is 34.1 Å². The molecule has 2 atom stereocenters. The Balaban J connectivity index is 2.16. The van der Waals surface area contributed by atoms with Crippen LogP contribution in [-0.2, 0) is 11.3 Å². The highest BCUT2D eigenvalue weighted by Gasteiger charge is 2.48. The molecule has 3 N–H and O–H groups in total. The molecule has 0 amide bonds. The van der Waals surface area contributed by atoms with Crippen molar-refractivity contribution in [3.8, 4) is 0 Å². The smallest absolute Gasteiger partial charge is 0.309 e. The van der Waals surface area contributed by atoms with E-state index in [2.05, 4.69) is 17.0 Å². The Morgan fingerprint density at radius 2 is 2.06 bits per heavy atom. The second-order valence-corrected chi connectivity index (χ2v) is 5.49. The average Bonchev–Trinajstić information content (AvgIpc) is 2.54. The average molecular weight is 248 g/mol. The highest BCUT2D eigenvalue weighted by molar-refractivity contribution is 5.72. The molecule has 1 fully saturated rings. The molecule has 2 unspecified atom stereocenters. The fourth-order valence-corrected chi connectivity index (χ4v) is 2.59. The Morgan fingerprint density at radius 3 is 2.56 bits per heavy atom. The van der Waals surface area contributed by atoms with Crippen LogP contribution < -0.4 is 5.73 Å². The maximum atomic E-state index is 11.2. The maximum absolute atomic E-state index is 11.2. The quantitative estimate of drug-likeness (QED) is 0.846. The zero-order valence-corrected chi connectivity index (χ0v) is 10.8. The third kappa shape index (κ3) is 2.26. The molecule has 0 bridgehead atoms. The van der Waals surface area contributed by atoms with E-state index in [0.29, 0.717) is 6.54 Å². The lowest BCUT2D eigenvalue weighted by atomic mass is 9.90. The van der Waals surface area contributed by atoms with E-state index in [1.807, 2.05) is 32.0 Å². The van der Waals surface area contributed by atoms with Crippen LogP contribution in [0, 0.1) is 5.92 Å². The van der Waals surface area contributed by atoms with Gasteiger partial charge in [-0.1, -0.05) is 30.3 Å². The number of carboxylic acids is 1. The van der Waals surface area contributed by atoms with Crippen molar-refractivity contribution in [1.82, 2.24) is 4.90 Å². The van der Waals surface area contributed by atoms with Gasteiger partial charge in [-0.05, 0) is 19.4 Å². The van der Waals surface area contributed by atoms with Gasteiger partial charge in [0.1, 0.15) is 0 Å². The molecule has 4 nitrogen and oxygen atoms in total. The van der Waals surface area contributed by atoms with Gasteiger partial charge in [0.2, 0.25) is 0 Å². The fourth-order valence-electron chi connectivity index (χ4n) is 2.59. The van der Waals surface area contributed by atoms with Crippen molar-refractivity contribution in [2.75, 3.05) is 6.54 Å². The van der Waals surface area contributed by atoms with E-state index in [9.17, 15) is 9.90 Å². The molecule has 0 spiro atoms. The first-order valence-corrected chi connectivity index (χ1v) is 6.20. The van der Waals surface area contributed by atoms with E-state index in [-0.39, 0.29) is 11.6 Å². The summed E-state index contributed by atoms with van der Waals surface area (Å²) in [6, 6.07) is 9.73. The topological polar surface area (TPSA) is 66.6 Å². The zero-order chi connectivity index (χ0) is 13.3. The Bertz CT molecular complexity index is 431. The highest BCUT2D eigenvalue weighted by Crippen LogP contribution is 2.33. The van der Waals surface area contributed by atoms with Gasteiger partial charge >= 0.3 is 5.97 Å². The first-order chi connectivity index (χ1) is 8.43. The molecule has 1 aromatic rings. The van der Waals surface area contributed by atoms with Crippen molar-refractivity contribution in [2.24, 2.45) is 11.7 Å². The number of rotatable bonds is 3. The van der Waals surface area contributed by atoms with Crippen LogP contribution in [0.3, 0.4) is 0 Å². The Kier molecular flexibility index (Phi) is 3.41. The zero-order valence-electron chi connectivity index (χ0n) is 10.8. The molecule has 0 aromatic heterocycles. The number of aliphatic carboxylic acids is 1. The summed E-state index contributed by atoms with van der Waals surface area (Å²) in [7, 11) is 0. The predicted octanol–water partition coefficient (Wildman–Crippen LogP) is 1.31. The van der Waals surface area contributed by atoms with Gasteiger partial charge in [0.15, 0.2) is 0 Å². The van der Waals surface area contributed by atoms with Crippen LogP contribution in [0.4, 0.5) is 0 Å². The van der Waals surface area contributed by atoms with Gasteiger partial charge in [0.25, 0.3) is 0 Å². The van der Waals surface area contributed by atoms with E-state index in [0.717, 1.165) is 6.54 Å². The lowest BCUT2D eigenvalue weighted by Crippen LogP contribution is -2.50. The monoisotopic (exact) mass is 248 g/mol. The summed E-state index contributed by atoms with van der Waals surface area (Å²) in [5, 5.41) is 9.19. The molecule has 2 rings (SSSR count). The molecule has 98 valence electrons. The minimum absolute atomic E-state index is 0.293. The van der Waals surface area contributed by atoms with Crippen LogP contribution in [0.5, 0.6) is 0 Å². The van der Waals surface area contributed by atoms with Gasteiger partial charge < -0.3 is 10.8 Å². The van der Waals surface area contributed by atoms with Gasteiger partial charge in [0.05, 0.1) is 5.92 Å². The van der Waals surface area contributed by atoms with Crippen LogP contribution in [0.15, 0.2) is 30.3 Å². The summed E-state index contributed by atoms with van der Waals surface area (Å²) in [5.74, 6) is -1.28. The standard InChI is InChI=1S/C14H20N2O2/c1-14(2)12(15)11(13(17)18)9-16(14)8-10-6-4-3-5-7-10/h3-7,11-12H,8-9,15H2,1-2H3,(H,17,18). The summed E-state index contributed by atoms with van der Waals surface area (Å²) in [6.07, 6.45) is 0. The maximum Gasteiger partial charge on any atom is 0.309 e. The molecule has 1 aromatic carbocycles. The molecule has 1 aliphatic heterocycles. The molecule has 0 aliphatic carbocycles. The van der Waals surface area contributed by atoms with E-state index in [1.54, 1.807) is 0 Å². The van der Waals surface area contributed by atoms with Gasteiger partial charge in [-0.2, -0.15) is 0 Å². The van der Waals surface area contributed by atoms with Gasteiger partial charge in [-0.15, -0.1) is 0 Å². The molecule has 1 saturated heterocycles. The molecule has 1 heterocycles. The fraction of sp³-hybridized carbons (Fsp3) is 0.500. The first kappa shape index (κ1) is 13.1. The summed E-state index contributed by atoms with van der Waals surface area (Å²) in [4.78, 5) is 13.3. The van der Waals surface area contributed by atoms with Gasteiger partial charge in [0, 0.05) is 24.7 Å². The number of hydrogen-bond donors (Lipinski definition) is 2. The Hall–Kier alpha value is -1.39. The second kappa shape index (κ2) is 4.71. The molecular weight excluding hydrogens is 228 g/mol. The van der Waals surface area contributed by atoms with Crippen LogP contribution in [0.25, 0.3) is 0 Å². The SMILES string of the molecule is CC1(C)C(N)C(C(=O)O)CN1Cc1ccccc1. The van der Waals surface area contributed by atoms with Gasteiger partial charge in [-0.25, -0.2) is 0 Å². The molecular formula is C14H20N2O2. The summed E-state index contributed by atoms with van der Waals surface area (Å²) in [6.45, 7) is 5.29. The number of likely N-dealkylation sites (tertiary alicyclic amines) is 1. The summed E-state index contributed by atoms with van der Waals surface area (Å²) >= 11 is 0. The van der Waals surface area contributed by atoms with Crippen molar-refractivity contribution in [3.63, 3.8) is 0 Å². The van der Waals surface area contributed by atoms with Crippen molar-refractivity contribution in [3.05, 3.63) is 35.9 Å². The molecule has 0 saturated carbocycles. The van der Waals surface area contributed by atoms with Crippen LogP contribution in [0.2, 0.25) is 0 Å². The van der Waals surface area contributed by atoms with E-state index >= 15 is 0 Å². The lowest BCUT2D eigenvalue weighted by Gasteiger charge is -2.34. The number of nitrogens with zero attached hydrogens (tertiary/aromatic N) is 1. The minimum Gasteiger partial charge on any atom is -0.481 e. The number of benzene rings is 1. The van der Waals surface area contributed by atoms with Crippen LogP contribution in [0.1, 0.15) is 19.4 Å². The number of nitrogens with two attached hydrogens (primary N) is 1. The number of hydrogen-bond acceptors (Lipinski definition) is 3. The van der Waals surface area contributed by atoms with Crippen molar-refractivity contribution in [1.29, 1.82) is 0 Å². The molecule has 18 heavy (non-hydrogen) atoms. The lowest BCUT2D eigenvalue weighted by molar-refractivity contribution is -0.141. The van der Waals surface area contributed by atoms with Crippen LogP contribution >= 0.6 is 0 Å². The normalized spacial score (nSPS) is 27.3. The summed E-state index contributed by atoms with van der Waals surface area (Å²) < 4.78 is 0. The number of carboxylic acid groups (broad SMARTS) is 1. The van der Waals surface area contributed by atoms with Crippen molar-refractivity contribution in [2.45, 2.75) is 32.0 Å². The van der Waals surface area contributed by atoms with E-state index < -0.39 is 11.9 Å². The van der Waals surface area contributed by atoms with E-state index in [1.165, 1.54) is 5.56 Å². The highest BCUT2D eigenvalue weighted by atomic mass is 16.4. The minimum atomic E-state index is -0.800. The third-order valence-corrected chi connectivity index (χ3v) is 4.01. The van der Waals surface area contributed by atoms with Crippen molar-refractivity contribution >= 4 is 5.97 Å². The second-order valence-electron chi connectivity index (χ2n) is 5.49. The van der Waals surface area contributed by atoms with Gasteiger partial charge in [-0.3, -0.25) is 9.69 Å². The third-order valence-electron chi connectivity index (χ3n) is 4.01. The predicted molar refractivity (Wildman–Crippen MR) is 70.0 cm³/mol. The number of carbonyl (C=O) groups is 1. The molecule has 0 radical (unpaired) electrons. The molecule has 4 heteroatoms. The Labute approximate surface area is 107 Å². The molecule has 1 aliphatic rings.